The summed E-state index contributed by atoms with van der Waals surface area (Å²) < 4.78 is 7.36. The summed E-state index contributed by atoms with van der Waals surface area (Å²) in [6, 6.07) is 9.74. The highest BCUT2D eigenvalue weighted by atomic mass is 16.3. The smallest absolute Gasteiger partial charge is 0.287 e. The Morgan fingerprint density at radius 3 is 2.82 bits per heavy atom. The minimum Gasteiger partial charge on any atom is -0.456 e. The second-order valence-electron chi connectivity index (χ2n) is 5.15. The van der Waals surface area contributed by atoms with E-state index in [1.54, 1.807) is 12.5 Å². The van der Waals surface area contributed by atoms with Crippen LogP contribution in [0.5, 0.6) is 0 Å². The Labute approximate surface area is 128 Å². The first kappa shape index (κ1) is 14.1. The largest absolute Gasteiger partial charge is 0.456 e. The number of carbonyl (C=O) groups excluding carboxylic acids is 1. The summed E-state index contributed by atoms with van der Waals surface area (Å²) in [5.74, 6) is 0.908. The first-order valence-corrected chi connectivity index (χ1v) is 7.06. The first-order chi connectivity index (χ1) is 10.6. The van der Waals surface area contributed by atoms with Gasteiger partial charge in [0.25, 0.3) is 5.91 Å². The molecule has 5 heteroatoms. The molecule has 3 rings (SSSR count). The number of benzene rings is 1. The number of nitrogens with zero attached hydrogens (tertiary/aromatic N) is 2. The summed E-state index contributed by atoms with van der Waals surface area (Å²) >= 11 is 0. The fraction of sp³-hybridized carbons (Fsp3) is 0.176. The molecule has 0 atom stereocenters. The van der Waals surface area contributed by atoms with Crippen LogP contribution in [-0.4, -0.2) is 15.5 Å². The summed E-state index contributed by atoms with van der Waals surface area (Å²) in [5, 5.41) is 2.91. The first-order valence-electron chi connectivity index (χ1n) is 7.06. The van der Waals surface area contributed by atoms with Gasteiger partial charge >= 0.3 is 0 Å². The molecule has 1 aromatic carbocycles. The molecular weight excluding hydrogens is 278 g/mol. The number of rotatable bonds is 4. The average molecular weight is 295 g/mol. The monoisotopic (exact) mass is 295 g/mol. The van der Waals surface area contributed by atoms with Gasteiger partial charge in [0.05, 0.1) is 12.0 Å². The Kier molecular flexibility index (Phi) is 3.78. The van der Waals surface area contributed by atoms with E-state index in [0.29, 0.717) is 12.3 Å². The van der Waals surface area contributed by atoms with Crippen LogP contribution in [0.25, 0.3) is 5.69 Å². The third-order valence-electron chi connectivity index (χ3n) is 3.46. The molecule has 0 saturated carbocycles. The van der Waals surface area contributed by atoms with Crippen molar-refractivity contribution >= 4 is 5.91 Å². The van der Waals surface area contributed by atoms with Crippen LogP contribution in [0, 0.1) is 13.8 Å². The van der Waals surface area contributed by atoms with Crippen molar-refractivity contribution in [2.24, 2.45) is 0 Å². The van der Waals surface area contributed by atoms with Gasteiger partial charge in [-0.2, -0.15) is 0 Å². The van der Waals surface area contributed by atoms with E-state index in [-0.39, 0.29) is 5.91 Å². The van der Waals surface area contributed by atoms with Gasteiger partial charge in [-0.25, -0.2) is 4.98 Å². The molecule has 0 spiro atoms. The maximum Gasteiger partial charge on any atom is 0.287 e. The summed E-state index contributed by atoms with van der Waals surface area (Å²) in [4.78, 5) is 16.3. The predicted molar refractivity (Wildman–Crippen MR) is 82.9 cm³/mol. The number of aromatic nitrogens is 2. The van der Waals surface area contributed by atoms with Gasteiger partial charge in [-0.05, 0) is 31.5 Å². The molecule has 112 valence electrons. The molecule has 2 aromatic heterocycles. The van der Waals surface area contributed by atoms with E-state index < -0.39 is 0 Å². The van der Waals surface area contributed by atoms with Crippen LogP contribution in [0.1, 0.15) is 27.4 Å². The minimum atomic E-state index is -0.203. The molecule has 0 saturated heterocycles. The molecule has 0 radical (unpaired) electrons. The van der Waals surface area contributed by atoms with Gasteiger partial charge in [-0.3, -0.25) is 4.79 Å². The summed E-state index contributed by atoms with van der Waals surface area (Å²) in [6.07, 6.45) is 5.34. The Balaban J connectivity index is 1.77. The molecule has 22 heavy (non-hydrogen) atoms. The SMILES string of the molecule is Cc1cc(C)c(C(=O)NCc2ccccc2-n2ccnc2)o1. The van der Waals surface area contributed by atoms with Gasteiger partial charge in [0.1, 0.15) is 5.76 Å². The van der Waals surface area contributed by atoms with Gasteiger partial charge in [0.15, 0.2) is 5.76 Å². The summed E-state index contributed by atoms with van der Waals surface area (Å²) in [7, 11) is 0. The highest BCUT2D eigenvalue weighted by molar-refractivity contribution is 5.92. The molecule has 0 aliphatic heterocycles. The van der Waals surface area contributed by atoms with Crippen LogP contribution in [0.15, 0.2) is 53.5 Å². The van der Waals surface area contributed by atoms with E-state index in [9.17, 15) is 4.79 Å². The number of para-hydroxylation sites is 1. The lowest BCUT2D eigenvalue weighted by Gasteiger charge is -2.10. The van der Waals surface area contributed by atoms with Crippen LogP contribution in [0.2, 0.25) is 0 Å². The van der Waals surface area contributed by atoms with Crippen molar-refractivity contribution in [2.75, 3.05) is 0 Å². The second kappa shape index (κ2) is 5.89. The van der Waals surface area contributed by atoms with Crippen molar-refractivity contribution in [1.29, 1.82) is 0 Å². The Bertz CT molecular complexity index is 788. The van der Waals surface area contributed by atoms with Crippen LogP contribution >= 0.6 is 0 Å². The number of carbonyl (C=O) groups is 1. The number of aryl methyl sites for hydroxylation is 2. The number of amides is 1. The number of furan rings is 1. The second-order valence-corrected chi connectivity index (χ2v) is 5.15. The highest BCUT2D eigenvalue weighted by Crippen LogP contribution is 2.16. The summed E-state index contributed by atoms with van der Waals surface area (Å²) in [5.41, 5.74) is 2.85. The molecule has 1 N–H and O–H groups in total. The zero-order valence-corrected chi connectivity index (χ0v) is 12.5. The predicted octanol–water partition coefficient (Wildman–Crippen LogP) is 3.01. The lowest BCUT2D eigenvalue weighted by molar-refractivity contribution is 0.0921. The maximum atomic E-state index is 12.2. The fourth-order valence-corrected chi connectivity index (χ4v) is 2.44. The number of hydrogen-bond donors (Lipinski definition) is 1. The Morgan fingerprint density at radius 1 is 1.32 bits per heavy atom. The van der Waals surface area contributed by atoms with Crippen molar-refractivity contribution in [3.05, 3.63) is 71.7 Å². The molecule has 0 unspecified atom stereocenters. The van der Waals surface area contributed by atoms with Crippen LogP contribution < -0.4 is 5.32 Å². The molecule has 2 heterocycles. The number of hydrogen-bond acceptors (Lipinski definition) is 3. The number of imidazole rings is 1. The zero-order valence-electron chi connectivity index (χ0n) is 12.5. The maximum absolute atomic E-state index is 12.2. The average Bonchev–Trinajstić information content (AvgIpc) is 3.15. The van der Waals surface area contributed by atoms with Crippen LogP contribution in [-0.2, 0) is 6.54 Å². The van der Waals surface area contributed by atoms with Crippen molar-refractivity contribution in [2.45, 2.75) is 20.4 Å². The van der Waals surface area contributed by atoms with E-state index in [4.69, 9.17) is 4.42 Å². The Hall–Kier alpha value is -2.82. The molecular formula is C17H17N3O2. The standard InChI is InChI=1S/C17H17N3O2/c1-12-9-13(2)22-16(12)17(21)19-10-14-5-3-4-6-15(14)20-8-7-18-11-20/h3-9,11H,10H2,1-2H3,(H,19,21). The van der Waals surface area contributed by atoms with Crippen LogP contribution in [0.4, 0.5) is 0 Å². The molecule has 5 nitrogen and oxygen atoms in total. The van der Waals surface area contributed by atoms with Crippen molar-refractivity contribution < 1.29 is 9.21 Å². The van der Waals surface area contributed by atoms with Gasteiger partial charge in [-0.15, -0.1) is 0 Å². The highest BCUT2D eigenvalue weighted by Gasteiger charge is 2.14. The third kappa shape index (κ3) is 2.79. The van der Waals surface area contributed by atoms with E-state index in [1.165, 1.54) is 0 Å². The number of nitrogens with one attached hydrogen (secondary N) is 1. The van der Waals surface area contributed by atoms with E-state index >= 15 is 0 Å². The molecule has 3 aromatic rings. The molecule has 0 aliphatic rings. The van der Waals surface area contributed by atoms with E-state index in [1.807, 2.05) is 54.9 Å². The van der Waals surface area contributed by atoms with E-state index in [0.717, 1.165) is 22.6 Å². The van der Waals surface area contributed by atoms with Gasteiger partial charge in [0.2, 0.25) is 0 Å². The molecule has 0 aliphatic carbocycles. The lowest BCUT2D eigenvalue weighted by atomic mass is 10.1. The normalized spacial score (nSPS) is 10.6. The Morgan fingerprint density at radius 2 is 2.14 bits per heavy atom. The fourth-order valence-electron chi connectivity index (χ4n) is 2.44. The van der Waals surface area contributed by atoms with Gasteiger partial charge in [-0.1, -0.05) is 18.2 Å². The molecule has 1 amide bonds. The van der Waals surface area contributed by atoms with Gasteiger partial charge in [0, 0.05) is 24.5 Å². The quantitative estimate of drug-likeness (QED) is 0.805. The lowest BCUT2D eigenvalue weighted by Crippen LogP contribution is -2.23. The topological polar surface area (TPSA) is 60.1 Å². The van der Waals surface area contributed by atoms with Crippen LogP contribution in [0.3, 0.4) is 0 Å². The van der Waals surface area contributed by atoms with Gasteiger partial charge < -0.3 is 14.3 Å². The molecule has 0 bridgehead atoms. The third-order valence-corrected chi connectivity index (χ3v) is 3.46. The zero-order chi connectivity index (χ0) is 15.5. The van der Waals surface area contributed by atoms with Crippen molar-refractivity contribution in [3.8, 4) is 5.69 Å². The van der Waals surface area contributed by atoms with Crippen molar-refractivity contribution in [1.82, 2.24) is 14.9 Å². The van der Waals surface area contributed by atoms with Crippen molar-refractivity contribution in [3.63, 3.8) is 0 Å². The minimum absolute atomic E-state index is 0.203. The molecule has 0 fully saturated rings. The van der Waals surface area contributed by atoms with E-state index in [2.05, 4.69) is 10.3 Å². The summed E-state index contributed by atoms with van der Waals surface area (Å²) in [6.45, 7) is 4.12.